The minimum atomic E-state index is -0.124. The Morgan fingerprint density at radius 1 is 1.11 bits per heavy atom. The molecule has 152 valence electrons. The van der Waals surface area contributed by atoms with E-state index in [0.717, 1.165) is 47.4 Å². The average molecular weight is 381 g/mol. The van der Waals surface area contributed by atoms with Gasteiger partial charge in [-0.25, -0.2) is 0 Å². The minimum absolute atomic E-state index is 0.124. The Morgan fingerprint density at radius 2 is 1.93 bits per heavy atom. The lowest BCUT2D eigenvalue weighted by Crippen LogP contribution is -2.52. The smallest absolute Gasteiger partial charge is 0.165 e. The third-order valence-electron chi connectivity index (χ3n) is 9.60. The quantitative estimate of drug-likeness (QED) is 0.584. The second kappa shape index (κ2) is 6.31. The maximum Gasteiger partial charge on any atom is 0.165 e. The van der Waals surface area contributed by atoms with Crippen molar-refractivity contribution in [3.63, 3.8) is 0 Å². The average Bonchev–Trinajstić information content (AvgIpc) is 3.11. The molecule has 0 bridgehead atoms. The molecule has 4 fully saturated rings. The third-order valence-corrected chi connectivity index (χ3v) is 9.60. The van der Waals surface area contributed by atoms with Gasteiger partial charge in [0.15, 0.2) is 5.78 Å². The molecule has 4 saturated carbocycles. The van der Waals surface area contributed by atoms with Gasteiger partial charge in [0, 0.05) is 24.2 Å². The molecule has 6 atom stereocenters. The molecule has 0 aliphatic heterocycles. The van der Waals surface area contributed by atoms with Gasteiger partial charge in [0.05, 0.1) is 5.69 Å². The molecular formula is C25H36N2O. The summed E-state index contributed by atoms with van der Waals surface area (Å²) >= 11 is 0. The summed E-state index contributed by atoms with van der Waals surface area (Å²) in [5.74, 6) is 3.54. The molecule has 4 aliphatic carbocycles. The SMILES string of the molecule is Cc1nn(C)cc1/C=C1\C[C@@H]2[C@H]3CC[C@@H]4CCCC[C@]4(C)[C@@H]3CC[C@@]2(C)C1=O. The highest BCUT2D eigenvalue weighted by Crippen LogP contribution is 2.66. The molecule has 1 aromatic heterocycles. The maximum absolute atomic E-state index is 13.5. The van der Waals surface area contributed by atoms with E-state index >= 15 is 0 Å². The van der Waals surface area contributed by atoms with Gasteiger partial charge in [0.25, 0.3) is 0 Å². The lowest BCUT2D eigenvalue weighted by molar-refractivity contribution is -0.137. The van der Waals surface area contributed by atoms with Crippen molar-refractivity contribution in [2.24, 2.45) is 41.5 Å². The lowest BCUT2D eigenvalue weighted by Gasteiger charge is -2.59. The summed E-state index contributed by atoms with van der Waals surface area (Å²) in [6, 6.07) is 0. The van der Waals surface area contributed by atoms with Crippen LogP contribution in [0.15, 0.2) is 11.8 Å². The monoisotopic (exact) mass is 380 g/mol. The number of aromatic nitrogens is 2. The fourth-order valence-electron chi connectivity index (χ4n) is 8.04. The molecule has 3 nitrogen and oxygen atoms in total. The lowest BCUT2D eigenvalue weighted by atomic mass is 9.45. The van der Waals surface area contributed by atoms with Crippen molar-refractivity contribution in [2.75, 3.05) is 0 Å². The largest absolute Gasteiger partial charge is 0.294 e. The number of carbonyl (C=O) groups excluding carboxylic acids is 1. The van der Waals surface area contributed by atoms with Crippen LogP contribution in [-0.4, -0.2) is 15.6 Å². The fourth-order valence-corrected chi connectivity index (χ4v) is 8.04. The van der Waals surface area contributed by atoms with Gasteiger partial charge in [0.1, 0.15) is 0 Å². The minimum Gasteiger partial charge on any atom is -0.294 e. The highest BCUT2D eigenvalue weighted by atomic mass is 16.1. The third kappa shape index (κ3) is 2.53. The second-order valence-corrected chi connectivity index (χ2v) is 10.9. The number of Topliss-reactive ketones (excluding diaryl/α,β-unsaturated/α-hetero) is 1. The van der Waals surface area contributed by atoms with Crippen LogP contribution in [0, 0.1) is 41.4 Å². The van der Waals surface area contributed by atoms with Crippen LogP contribution in [0.5, 0.6) is 0 Å². The van der Waals surface area contributed by atoms with E-state index in [1.165, 1.54) is 44.9 Å². The first-order valence-electron chi connectivity index (χ1n) is 11.6. The van der Waals surface area contributed by atoms with Crippen LogP contribution < -0.4 is 0 Å². The maximum atomic E-state index is 13.5. The Balaban J connectivity index is 1.47. The zero-order valence-corrected chi connectivity index (χ0v) is 18.1. The Kier molecular flexibility index (Phi) is 4.20. The van der Waals surface area contributed by atoms with E-state index in [4.69, 9.17) is 0 Å². The van der Waals surface area contributed by atoms with Gasteiger partial charge in [-0.2, -0.15) is 5.10 Å². The molecule has 1 aromatic rings. The van der Waals surface area contributed by atoms with E-state index in [9.17, 15) is 4.79 Å². The summed E-state index contributed by atoms with van der Waals surface area (Å²) in [4.78, 5) is 13.5. The fraction of sp³-hybridized carbons (Fsp3) is 0.760. The zero-order chi connectivity index (χ0) is 19.7. The molecular weight excluding hydrogens is 344 g/mol. The Bertz CT molecular complexity index is 836. The Hall–Kier alpha value is -1.38. The predicted octanol–water partition coefficient (Wildman–Crippen LogP) is 5.72. The topological polar surface area (TPSA) is 34.9 Å². The summed E-state index contributed by atoms with van der Waals surface area (Å²) in [6.07, 6.45) is 16.1. The first kappa shape index (κ1) is 18.6. The molecule has 0 aromatic carbocycles. The number of fused-ring (bicyclic) bond motifs is 5. The number of carbonyl (C=O) groups is 1. The van der Waals surface area contributed by atoms with E-state index in [0.29, 0.717) is 17.1 Å². The molecule has 1 heterocycles. The molecule has 3 heteroatoms. The number of ketones is 1. The summed E-state index contributed by atoms with van der Waals surface area (Å²) in [5, 5.41) is 4.47. The van der Waals surface area contributed by atoms with E-state index in [2.05, 4.69) is 31.2 Å². The summed E-state index contributed by atoms with van der Waals surface area (Å²) in [7, 11) is 1.96. The van der Waals surface area contributed by atoms with Gasteiger partial charge in [-0.3, -0.25) is 9.48 Å². The van der Waals surface area contributed by atoms with Crippen molar-refractivity contribution < 1.29 is 4.79 Å². The van der Waals surface area contributed by atoms with E-state index < -0.39 is 0 Å². The van der Waals surface area contributed by atoms with Crippen molar-refractivity contribution in [3.8, 4) is 0 Å². The van der Waals surface area contributed by atoms with Crippen LogP contribution in [0.1, 0.15) is 82.9 Å². The summed E-state index contributed by atoms with van der Waals surface area (Å²) < 4.78 is 1.86. The Labute approximate surface area is 170 Å². The van der Waals surface area contributed by atoms with Crippen molar-refractivity contribution in [2.45, 2.75) is 78.6 Å². The van der Waals surface area contributed by atoms with Crippen LogP contribution in [-0.2, 0) is 11.8 Å². The number of rotatable bonds is 1. The first-order valence-corrected chi connectivity index (χ1v) is 11.6. The summed E-state index contributed by atoms with van der Waals surface area (Å²) in [5.41, 5.74) is 3.63. The number of aryl methyl sites for hydroxylation is 2. The van der Waals surface area contributed by atoms with Gasteiger partial charge in [-0.15, -0.1) is 0 Å². The van der Waals surface area contributed by atoms with Gasteiger partial charge in [-0.05, 0) is 92.6 Å². The highest BCUT2D eigenvalue weighted by molar-refractivity contribution is 6.06. The van der Waals surface area contributed by atoms with Crippen LogP contribution in [0.25, 0.3) is 6.08 Å². The van der Waals surface area contributed by atoms with Gasteiger partial charge in [-0.1, -0.05) is 26.7 Å². The second-order valence-electron chi connectivity index (χ2n) is 10.9. The van der Waals surface area contributed by atoms with Crippen LogP contribution in [0.2, 0.25) is 0 Å². The summed E-state index contributed by atoms with van der Waals surface area (Å²) in [6.45, 7) is 6.95. The van der Waals surface area contributed by atoms with Gasteiger partial charge < -0.3 is 0 Å². The first-order chi connectivity index (χ1) is 13.3. The van der Waals surface area contributed by atoms with E-state index in [1.54, 1.807) is 0 Å². The molecule has 0 unspecified atom stereocenters. The number of nitrogens with zero attached hydrogens (tertiary/aromatic N) is 2. The normalized spacial score (nSPS) is 44.3. The van der Waals surface area contributed by atoms with Gasteiger partial charge >= 0.3 is 0 Å². The molecule has 28 heavy (non-hydrogen) atoms. The van der Waals surface area contributed by atoms with Crippen molar-refractivity contribution in [1.29, 1.82) is 0 Å². The zero-order valence-electron chi connectivity index (χ0n) is 18.1. The van der Waals surface area contributed by atoms with Crippen LogP contribution in [0.3, 0.4) is 0 Å². The number of hydrogen-bond acceptors (Lipinski definition) is 2. The predicted molar refractivity (Wildman–Crippen MR) is 113 cm³/mol. The molecule has 0 N–H and O–H groups in total. The van der Waals surface area contributed by atoms with Crippen molar-refractivity contribution in [1.82, 2.24) is 9.78 Å². The molecule has 0 radical (unpaired) electrons. The number of hydrogen-bond donors (Lipinski definition) is 0. The van der Waals surface area contributed by atoms with Crippen molar-refractivity contribution >= 4 is 11.9 Å². The van der Waals surface area contributed by atoms with E-state index in [-0.39, 0.29) is 5.41 Å². The van der Waals surface area contributed by atoms with Crippen LogP contribution >= 0.6 is 0 Å². The standard InChI is InChI=1S/C25H36N2O/c1-16-18(15-27(4)26-16)13-17-14-22-20-9-8-19-7-5-6-11-24(19,2)21(20)10-12-25(22,3)23(17)28/h13,15,19-22H,5-12,14H2,1-4H3/b17-13+/t19-,20-,21+,22+,24-,25+/m0/s1. The molecule has 0 saturated heterocycles. The molecule has 5 rings (SSSR count). The number of allylic oxidation sites excluding steroid dienone is 1. The molecule has 0 amide bonds. The molecule has 4 aliphatic rings. The molecule has 0 spiro atoms. The Morgan fingerprint density at radius 3 is 2.68 bits per heavy atom. The van der Waals surface area contributed by atoms with Gasteiger partial charge in [0.2, 0.25) is 0 Å². The van der Waals surface area contributed by atoms with Crippen molar-refractivity contribution in [3.05, 3.63) is 23.0 Å². The highest BCUT2D eigenvalue weighted by Gasteiger charge is 2.60. The van der Waals surface area contributed by atoms with Crippen LogP contribution in [0.4, 0.5) is 0 Å². The van der Waals surface area contributed by atoms with E-state index in [1.807, 2.05) is 18.7 Å².